The van der Waals surface area contributed by atoms with Crippen LogP contribution in [0, 0.1) is 11.8 Å². The fraction of sp³-hybridized carbons (Fsp3) is 0.448. The molecule has 0 aliphatic rings. The fourth-order valence-corrected chi connectivity index (χ4v) is 3.67. The van der Waals surface area contributed by atoms with Crippen molar-refractivity contribution in [1.82, 2.24) is 0 Å². The fourth-order valence-electron chi connectivity index (χ4n) is 3.67. The molecule has 0 radical (unpaired) electrons. The van der Waals surface area contributed by atoms with E-state index in [0.29, 0.717) is 0 Å². The first kappa shape index (κ1) is 30.5. The molecule has 9 heteroatoms. The maximum Gasteiger partial charge on any atom is 0.327 e. The number of carbonyl (C=O) groups excluding carboxylic acids is 4. The second kappa shape index (κ2) is 14.9. The normalized spacial score (nSPS) is 14.9. The lowest BCUT2D eigenvalue weighted by atomic mass is 9.90. The molecule has 5 atom stereocenters. The van der Waals surface area contributed by atoms with Crippen LogP contribution in [-0.4, -0.2) is 48.2 Å². The van der Waals surface area contributed by atoms with Gasteiger partial charge in [-0.2, -0.15) is 0 Å². The maximum absolute atomic E-state index is 13.4. The predicted molar refractivity (Wildman–Crippen MR) is 139 cm³/mol. The lowest BCUT2D eigenvalue weighted by molar-refractivity contribution is -0.182. The van der Waals surface area contributed by atoms with Crippen LogP contribution in [0.25, 0.3) is 0 Å². The van der Waals surface area contributed by atoms with E-state index >= 15 is 0 Å². The van der Waals surface area contributed by atoms with Crippen molar-refractivity contribution in [2.45, 2.75) is 72.0 Å². The van der Waals surface area contributed by atoms with Crippen molar-refractivity contribution in [2.24, 2.45) is 17.6 Å². The molecule has 2 rings (SSSR count). The Morgan fingerprint density at radius 3 is 1.79 bits per heavy atom. The van der Waals surface area contributed by atoms with Crippen LogP contribution in [0.2, 0.25) is 0 Å². The first-order valence-corrected chi connectivity index (χ1v) is 12.6. The quantitative estimate of drug-likeness (QED) is 0.308. The Morgan fingerprint density at radius 1 is 0.711 bits per heavy atom. The van der Waals surface area contributed by atoms with Crippen LogP contribution in [0.3, 0.4) is 0 Å². The molecule has 2 aromatic carbocycles. The largest absolute Gasteiger partial charge is 0.461 e. The molecule has 0 unspecified atom stereocenters. The molecule has 2 N–H and O–H groups in total. The van der Waals surface area contributed by atoms with Gasteiger partial charge in [0.15, 0.2) is 6.10 Å². The Balaban J connectivity index is 2.33. The van der Waals surface area contributed by atoms with Crippen LogP contribution >= 0.6 is 0 Å². The Kier molecular flexibility index (Phi) is 11.9. The minimum Gasteiger partial charge on any atom is -0.461 e. The lowest BCUT2D eigenvalue weighted by Gasteiger charge is -2.31. The first-order chi connectivity index (χ1) is 18.0. The highest BCUT2D eigenvalue weighted by atomic mass is 16.6. The molecule has 0 spiro atoms. The number of hydrogen-bond donors (Lipinski definition) is 1. The SMILES string of the molecule is CC(=O)O[C@@H](C)[C@H](N)C(=O)O[C@@H](C)[C@H](OC(=O)C(C)C)[C@@H](Cc1ccccc1)C(=O)OCc1ccccc1. The van der Waals surface area contributed by atoms with E-state index in [1.807, 2.05) is 60.7 Å². The molecule has 0 heterocycles. The van der Waals surface area contributed by atoms with Gasteiger partial charge in [0, 0.05) is 6.92 Å². The van der Waals surface area contributed by atoms with Gasteiger partial charge >= 0.3 is 23.9 Å². The van der Waals surface area contributed by atoms with E-state index in [1.165, 1.54) is 20.8 Å². The summed E-state index contributed by atoms with van der Waals surface area (Å²) in [5.41, 5.74) is 7.52. The monoisotopic (exact) mass is 527 g/mol. The van der Waals surface area contributed by atoms with Crippen LogP contribution < -0.4 is 5.73 Å². The molecular formula is C29H37NO8. The topological polar surface area (TPSA) is 131 Å². The van der Waals surface area contributed by atoms with Gasteiger partial charge in [0.2, 0.25) is 0 Å². The zero-order chi connectivity index (χ0) is 28.2. The Morgan fingerprint density at radius 2 is 1.26 bits per heavy atom. The predicted octanol–water partition coefficient (Wildman–Crippen LogP) is 3.37. The highest BCUT2D eigenvalue weighted by Crippen LogP contribution is 2.24. The molecule has 0 aliphatic carbocycles. The molecule has 0 bridgehead atoms. The summed E-state index contributed by atoms with van der Waals surface area (Å²) in [5.74, 6) is -4.13. The van der Waals surface area contributed by atoms with Gasteiger partial charge < -0.3 is 24.7 Å². The summed E-state index contributed by atoms with van der Waals surface area (Å²) in [6.45, 7) is 7.53. The molecule has 2 aromatic rings. The zero-order valence-electron chi connectivity index (χ0n) is 22.5. The molecule has 0 fully saturated rings. The number of carbonyl (C=O) groups is 4. The molecule has 206 valence electrons. The van der Waals surface area contributed by atoms with E-state index < -0.39 is 60.1 Å². The van der Waals surface area contributed by atoms with Crippen LogP contribution in [0.5, 0.6) is 0 Å². The van der Waals surface area contributed by atoms with Crippen LogP contribution in [-0.2, 0) is 51.2 Å². The van der Waals surface area contributed by atoms with Crippen molar-refractivity contribution in [1.29, 1.82) is 0 Å². The summed E-state index contributed by atoms with van der Waals surface area (Å²) < 4.78 is 21.9. The molecule has 0 aromatic heterocycles. The van der Waals surface area contributed by atoms with Gasteiger partial charge in [0.25, 0.3) is 0 Å². The van der Waals surface area contributed by atoms with Crippen LogP contribution in [0.4, 0.5) is 0 Å². The van der Waals surface area contributed by atoms with Crippen LogP contribution in [0.1, 0.15) is 45.7 Å². The van der Waals surface area contributed by atoms with Gasteiger partial charge in [-0.25, -0.2) is 0 Å². The Bertz CT molecular complexity index is 1060. The molecule has 0 aliphatic heterocycles. The van der Waals surface area contributed by atoms with E-state index in [2.05, 4.69) is 0 Å². The van der Waals surface area contributed by atoms with Gasteiger partial charge in [-0.05, 0) is 31.4 Å². The molecular weight excluding hydrogens is 490 g/mol. The number of ether oxygens (including phenoxy) is 4. The van der Waals surface area contributed by atoms with Crippen molar-refractivity contribution in [3.8, 4) is 0 Å². The molecule has 38 heavy (non-hydrogen) atoms. The highest BCUT2D eigenvalue weighted by molar-refractivity contribution is 5.78. The van der Waals surface area contributed by atoms with Gasteiger partial charge in [-0.15, -0.1) is 0 Å². The molecule has 0 amide bonds. The van der Waals surface area contributed by atoms with Crippen molar-refractivity contribution >= 4 is 23.9 Å². The second-order valence-electron chi connectivity index (χ2n) is 9.43. The summed E-state index contributed by atoms with van der Waals surface area (Å²) in [7, 11) is 0. The van der Waals surface area contributed by atoms with Crippen LogP contribution in [0.15, 0.2) is 60.7 Å². The van der Waals surface area contributed by atoms with Gasteiger partial charge in [0.05, 0.1) is 5.92 Å². The van der Waals surface area contributed by atoms with Gasteiger partial charge in [0.1, 0.15) is 30.8 Å². The standard InChI is InChI=1S/C29H37NO8/c1-18(2)27(32)38-26(20(4)37-29(34)25(30)19(3)36-21(5)31)24(16-22-12-8-6-9-13-22)28(33)35-17-23-14-10-7-11-15-23/h6-15,18-20,24-26H,16-17,30H2,1-5H3/t19-,20-,24+,25-,26-/m0/s1. The maximum atomic E-state index is 13.4. The lowest BCUT2D eigenvalue weighted by Crippen LogP contribution is -2.49. The van der Waals surface area contributed by atoms with Crippen molar-refractivity contribution < 1.29 is 38.1 Å². The van der Waals surface area contributed by atoms with Crippen molar-refractivity contribution in [3.05, 3.63) is 71.8 Å². The second-order valence-corrected chi connectivity index (χ2v) is 9.43. The summed E-state index contributed by atoms with van der Waals surface area (Å²) >= 11 is 0. The minimum atomic E-state index is -1.28. The average molecular weight is 528 g/mol. The smallest absolute Gasteiger partial charge is 0.327 e. The summed E-state index contributed by atoms with van der Waals surface area (Å²) in [6, 6.07) is 17.1. The third-order valence-electron chi connectivity index (χ3n) is 5.84. The Labute approximate surface area is 223 Å². The summed E-state index contributed by atoms with van der Waals surface area (Å²) in [4.78, 5) is 50.1. The van der Waals surface area contributed by atoms with E-state index in [4.69, 9.17) is 24.7 Å². The third-order valence-corrected chi connectivity index (χ3v) is 5.84. The zero-order valence-corrected chi connectivity index (χ0v) is 22.5. The number of esters is 4. The summed E-state index contributed by atoms with van der Waals surface area (Å²) in [6.07, 6.45) is -3.02. The molecule has 0 saturated carbocycles. The number of nitrogens with two attached hydrogens (primary N) is 1. The highest BCUT2D eigenvalue weighted by Gasteiger charge is 2.40. The van der Waals surface area contributed by atoms with E-state index in [0.717, 1.165) is 11.1 Å². The Hall–Kier alpha value is -3.72. The average Bonchev–Trinajstić information content (AvgIpc) is 2.89. The van der Waals surface area contributed by atoms with E-state index in [9.17, 15) is 19.2 Å². The molecule has 0 saturated heterocycles. The first-order valence-electron chi connectivity index (χ1n) is 12.6. The van der Waals surface area contributed by atoms with Crippen molar-refractivity contribution in [3.63, 3.8) is 0 Å². The van der Waals surface area contributed by atoms with Gasteiger partial charge in [-0.1, -0.05) is 74.5 Å². The van der Waals surface area contributed by atoms with Gasteiger partial charge in [-0.3, -0.25) is 19.2 Å². The number of rotatable bonds is 13. The third kappa shape index (κ3) is 9.63. The number of hydrogen-bond acceptors (Lipinski definition) is 9. The van der Waals surface area contributed by atoms with Crippen molar-refractivity contribution in [2.75, 3.05) is 0 Å². The molecule has 9 nitrogen and oxygen atoms in total. The summed E-state index contributed by atoms with van der Waals surface area (Å²) in [5, 5.41) is 0. The minimum absolute atomic E-state index is 0.0226. The van der Waals surface area contributed by atoms with E-state index in [-0.39, 0.29) is 13.0 Å². The number of benzene rings is 2. The van der Waals surface area contributed by atoms with E-state index in [1.54, 1.807) is 13.8 Å².